The lowest BCUT2D eigenvalue weighted by molar-refractivity contribution is -0.122. The van der Waals surface area contributed by atoms with Gasteiger partial charge in [-0.1, -0.05) is 11.6 Å². The average molecular weight is 282 g/mol. The van der Waals surface area contributed by atoms with Crippen LogP contribution in [0.2, 0.25) is 5.02 Å². The van der Waals surface area contributed by atoms with E-state index in [4.69, 9.17) is 11.6 Å². The minimum atomic E-state index is -0.108. The van der Waals surface area contributed by atoms with Gasteiger partial charge in [0.1, 0.15) is 6.54 Å². The molecule has 7 heteroatoms. The van der Waals surface area contributed by atoms with Crippen molar-refractivity contribution in [2.24, 2.45) is 0 Å². The first kappa shape index (κ1) is 13.6. The summed E-state index contributed by atoms with van der Waals surface area (Å²) in [6, 6.07) is 1.86. The molecule has 2 rings (SSSR count). The van der Waals surface area contributed by atoms with Gasteiger partial charge in [0.15, 0.2) is 0 Å². The third-order valence-corrected chi connectivity index (χ3v) is 3.05. The third kappa shape index (κ3) is 3.35. The van der Waals surface area contributed by atoms with Crippen molar-refractivity contribution >= 4 is 17.5 Å². The van der Waals surface area contributed by atoms with Gasteiger partial charge in [-0.2, -0.15) is 10.2 Å². The minimum absolute atomic E-state index is 0.108. The monoisotopic (exact) mass is 281 g/mol. The molecule has 0 radical (unpaired) electrons. The second-order valence-corrected chi connectivity index (χ2v) is 4.59. The first-order valence-corrected chi connectivity index (χ1v) is 6.45. The van der Waals surface area contributed by atoms with E-state index in [2.05, 4.69) is 15.5 Å². The molecule has 0 unspecified atom stereocenters. The molecule has 0 saturated heterocycles. The van der Waals surface area contributed by atoms with E-state index in [-0.39, 0.29) is 12.5 Å². The van der Waals surface area contributed by atoms with Crippen molar-refractivity contribution in [1.29, 1.82) is 0 Å². The molecule has 0 aliphatic rings. The highest BCUT2D eigenvalue weighted by Crippen LogP contribution is 2.14. The predicted molar refractivity (Wildman–Crippen MR) is 71.7 cm³/mol. The Morgan fingerprint density at radius 1 is 1.53 bits per heavy atom. The maximum atomic E-state index is 11.8. The van der Waals surface area contributed by atoms with Crippen LogP contribution in [0.1, 0.15) is 18.3 Å². The molecule has 6 nitrogen and oxygen atoms in total. The Morgan fingerprint density at radius 2 is 2.32 bits per heavy atom. The number of carbonyl (C=O) groups is 1. The number of carbonyl (C=O) groups excluding carboxylic acids is 1. The standard InChI is InChI=1S/C12H16ClN5O/c1-3-18-11(10(13)6-15-18)7-14-12(19)8-17-5-4-9(2)16-17/h4-6H,3,7-8H2,1-2H3,(H,14,19). The Bertz CT molecular complexity index is 574. The van der Waals surface area contributed by atoms with Gasteiger partial charge in [0, 0.05) is 12.7 Å². The SMILES string of the molecule is CCn1ncc(Cl)c1CNC(=O)Cn1ccc(C)n1. The maximum Gasteiger partial charge on any atom is 0.242 e. The van der Waals surface area contributed by atoms with Crippen LogP contribution < -0.4 is 5.32 Å². The average Bonchev–Trinajstić information content (AvgIpc) is 2.93. The van der Waals surface area contributed by atoms with Gasteiger partial charge in [-0.3, -0.25) is 14.2 Å². The molecule has 2 aromatic rings. The van der Waals surface area contributed by atoms with Crippen molar-refractivity contribution < 1.29 is 4.79 Å². The van der Waals surface area contributed by atoms with Gasteiger partial charge < -0.3 is 5.32 Å². The van der Waals surface area contributed by atoms with Gasteiger partial charge in [-0.25, -0.2) is 0 Å². The molecule has 0 aromatic carbocycles. The molecular weight excluding hydrogens is 266 g/mol. The molecule has 0 aliphatic carbocycles. The number of nitrogens with one attached hydrogen (secondary N) is 1. The Labute approximate surface area is 116 Å². The molecule has 1 N–H and O–H groups in total. The number of amides is 1. The van der Waals surface area contributed by atoms with E-state index in [0.29, 0.717) is 11.6 Å². The third-order valence-electron chi connectivity index (χ3n) is 2.73. The number of rotatable bonds is 5. The number of hydrogen-bond donors (Lipinski definition) is 1. The lowest BCUT2D eigenvalue weighted by atomic mass is 10.4. The fourth-order valence-electron chi connectivity index (χ4n) is 1.77. The van der Waals surface area contributed by atoms with Crippen molar-refractivity contribution in [3.63, 3.8) is 0 Å². The Morgan fingerprint density at radius 3 is 2.95 bits per heavy atom. The smallest absolute Gasteiger partial charge is 0.242 e. The van der Waals surface area contributed by atoms with Crippen LogP contribution in [0, 0.1) is 6.92 Å². The van der Waals surface area contributed by atoms with Crippen LogP contribution in [0.3, 0.4) is 0 Å². The minimum Gasteiger partial charge on any atom is -0.349 e. The Balaban J connectivity index is 1.91. The fourth-order valence-corrected chi connectivity index (χ4v) is 1.98. The van der Waals surface area contributed by atoms with Crippen LogP contribution in [0.4, 0.5) is 0 Å². The molecule has 0 fully saturated rings. The summed E-state index contributed by atoms with van der Waals surface area (Å²) in [6.07, 6.45) is 3.36. The molecule has 0 spiro atoms. The van der Waals surface area contributed by atoms with E-state index >= 15 is 0 Å². The number of nitrogens with zero attached hydrogens (tertiary/aromatic N) is 4. The zero-order chi connectivity index (χ0) is 13.8. The predicted octanol–water partition coefficient (Wildman–Crippen LogP) is 1.38. The summed E-state index contributed by atoms with van der Waals surface area (Å²) in [5, 5.41) is 11.7. The molecule has 0 saturated carbocycles. The zero-order valence-electron chi connectivity index (χ0n) is 10.9. The first-order chi connectivity index (χ1) is 9.10. The van der Waals surface area contributed by atoms with Crippen molar-refractivity contribution in [3.05, 3.63) is 34.9 Å². The van der Waals surface area contributed by atoms with Crippen LogP contribution in [0.25, 0.3) is 0 Å². The molecule has 0 atom stereocenters. The summed E-state index contributed by atoms with van der Waals surface area (Å²) in [6.45, 7) is 5.14. The molecule has 102 valence electrons. The maximum absolute atomic E-state index is 11.8. The van der Waals surface area contributed by atoms with E-state index in [1.54, 1.807) is 21.8 Å². The van der Waals surface area contributed by atoms with E-state index in [1.165, 1.54) is 0 Å². The van der Waals surface area contributed by atoms with Crippen molar-refractivity contribution in [1.82, 2.24) is 24.9 Å². The Hall–Kier alpha value is -1.82. The number of halogens is 1. The van der Waals surface area contributed by atoms with E-state index in [1.807, 2.05) is 19.9 Å². The molecule has 2 aromatic heterocycles. The van der Waals surface area contributed by atoms with Gasteiger partial charge in [0.2, 0.25) is 5.91 Å². The van der Waals surface area contributed by atoms with Crippen LogP contribution in [-0.2, 0) is 24.4 Å². The Kier molecular flexibility index (Phi) is 4.21. The highest BCUT2D eigenvalue weighted by molar-refractivity contribution is 6.31. The van der Waals surface area contributed by atoms with Crippen molar-refractivity contribution in [2.45, 2.75) is 33.5 Å². The number of aromatic nitrogens is 4. The van der Waals surface area contributed by atoms with Gasteiger partial charge in [-0.05, 0) is 19.9 Å². The lowest BCUT2D eigenvalue weighted by Gasteiger charge is -2.08. The summed E-state index contributed by atoms with van der Waals surface area (Å²) >= 11 is 6.02. The van der Waals surface area contributed by atoms with E-state index in [9.17, 15) is 4.79 Å². The molecule has 0 bridgehead atoms. The van der Waals surface area contributed by atoms with Gasteiger partial charge >= 0.3 is 0 Å². The van der Waals surface area contributed by atoms with Crippen LogP contribution >= 0.6 is 11.6 Å². The second-order valence-electron chi connectivity index (χ2n) is 4.19. The van der Waals surface area contributed by atoms with Crippen molar-refractivity contribution in [3.8, 4) is 0 Å². The normalized spacial score (nSPS) is 10.7. The number of aryl methyl sites for hydroxylation is 2. The van der Waals surface area contributed by atoms with Crippen LogP contribution in [-0.4, -0.2) is 25.5 Å². The largest absolute Gasteiger partial charge is 0.349 e. The summed E-state index contributed by atoms with van der Waals surface area (Å²) in [5.74, 6) is -0.108. The molecule has 0 aliphatic heterocycles. The highest BCUT2D eigenvalue weighted by atomic mass is 35.5. The lowest BCUT2D eigenvalue weighted by Crippen LogP contribution is -2.28. The molecular formula is C12H16ClN5O. The summed E-state index contributed by atoms with van der Waals surface area (Å²) in [4.78, 5) is 11.8. The van der Waals surface area contributed by atoms with Crippen LogP contribution in [0.5, 0.6) is 0 Å². The van der Waals surface area contributed by atoms with Crippen molar-refractivity contribution in [2.75, 3.05) is 0 Å². The fraction of sp³-hybridized carbons (Fsp3) is 0.417. The topological polar surface area (TPSA) is 64.7 Å². The van der Waals surface area contributed by atoms with E-state index in [0.717, 1.165) is 17.9 Å². The zero-order valence-corrected chi connectivity index (χ0v) is 11.7. The summed E-state index contributed by atoms with van der Waals surface area (Å²) in [5.41, 5.74) is 1.70. The quantitative estimate of drug-likeness (QED) is 0.900. The van der Waals surface area contributed by atoms with Gasteiger partial charge in [0.05, 0.1) is 29.2 Å². The van der Waals surface area contributed by atoms with E-state index < -0.39 is 0 Å². The highest BCUT2D eigenvalue weighted by Gasteiger charge is 2.10. The van der Waals surface area contributed by atoms with Gasteiger partial charge in [-0.15, -0.1) is 0 Å². The molecule has 1 amide bonds. The molecule has 19 heavy (non-hydrogen) atoms. The van der Waals surface area contributed by atoms with Crippen LogP contribution in [0.15, 0.2) is 18.5 Å². The second kappa shape index (κ2) is 5.88. The van der Waals surface area contributed by atoms with Gasteiger partial charge in [0.25, 0.3) is 0 Å². The summed E-state index contributed by atoms with van der Waals surface area (Å²) in [7, 11) is 0. The molecule has 2 heterocycles. The summed E-state index contributed by atoms with van der Waals surface area (Å²) < 4.78 is 3.37. The number of hydrogen-bond acceptors (Lipinski definition) is 3. The first-order valence-electron chi connectivity index (χ1n) is 6.07.